The Labute approximate surface area is 133 Å². The summed E-state index contributed by atoms with van der Waals surface area (Å²) in [7, 11) is 1.73. The lowest BCUT2D eigenvalue weighted by Crippen LogP contribution is -2.39. The molecule has 22 heavy (non-hydrogen) atoms. The van der Waals surface area contributed by atoms with Gasteiger partial charge in [0.1, 0.15) is 5.75 Å². The molecule has 0 bridgehead atoms. The molecule has 0 aromatic heterocycles. The van der Waals surface area contributed by atoms with E-state index in [2.05, 4.69) is 23.6 Å². The third-order valence-corrected chi connectivity index (χ3v) is 4.18. The molecule has 1 aliphatic rings. The summed E-state index contributed by atoms with van der Waals surface area (Å²) in [5.41, 5.74) is 1.31. The van der Waals surface area contributed by atoms with Crippen LogP contribution in [0.25, 0.3) is 0 Å². The average Bonchev–Trinajstić information content (AvgIpc) is 2.56. The summed E-state index contributed by atoms with van der Waals surface area (Å²) in [5.74, 6) is 1.53. The second-order valence-corrected chi connectivity index (χ2v) is 5.80. The predicted molar refractivity (Wildman–Crippen MR) is 88.4 cm³/mol. The number of aliphatic hydroxyl groups excluding tert-OH is 1. The van der Waals surface area contributed by atoms with E-state index in [1.54, 1.807) is 13.2 Å². The minimum atomic E-state index is -0.428. The lowest BCUT2D eigenvalue weighted by molar-refractivity contribution is 0.0214. The van der Waals surface area contributed by atoms with Crippen molar-refractivity contribution in [2.75, 3.05) is 40.0 Å². The summed E-state index contributed by atoms with van der Waals surface area (Å²) in [5, 5.41) is 9.97. The Hall–Kier alpha value is -1.36. The molecule has 0 saturated carbocycles. The van der Waals surface area contributed by atoms with E-state index in [9.17, 15) is 5.11 Å². The number of aliphatic hydroxyl groups is 1. The number of piperidine rings is 1. The fraction of sp³-hybridized carbons (Fsp3) is 0.556. The minimum absolute atomic E-state index is 0.373. The number of rotatable bonds is 8. The molecule has 1 aromatic carbocycles. The highest BCUT2D eigenvalue weighted by molar-refractivity contribution is 5.36. The maximum absolute atomic E-state index is 9.97. The topological polar surface area (TPSA) is 41.9 Å². The van der Waals surface area contributed by atoms with Crippen molar-refractivity contribution in [1.29, 1.82) is 0 Å². The van der Waals surface area contributed by atoms with Gasteiger partial charge in [-0.25, -0.2) is 0 Å². The molecule has 1 aliphatic heterocycles. The lowest BCUT2D eigenvalue weighted by atomic mass is 9.88. The standard InChI is InChI=1S/C18H27NO3/c1-3-12-22-14-16(20)13-19-10-8-15(9-11-19)17-6-4-5-7-18(17)21-2/h3-7,15-16,20H,1,8-14H2,2H3. The van der Waals surface area contributed by atoms with E-state index in [1.165, 1.54) is 5.56 Å². The SMILES string of the molecule is C=CCOCC(O)CN1CCC(c2ccccc2OC)CC1. The van der Waals surface area contributed by atoms with Crippen LogP contribution in [0, 0.1) is 0 Å². The molecule has 1 heterocycles. The molecule has 122 valence electrons. The van der Waals surface area contributed by atoms with Gasteiger partial charge in [-0.3, -0.25) is 0 Å². The van der Waals surface area contributed by atoms with Crippen molar-refractivity contribution in [2.24, 2.45) is 0 Å². The molecule has 0 spiro atoms. The average molecular weight is 305 g/mol. The maximum Gasteiger partial charge on any atom is 0.122 e. The second-order valence-electron chi connectivity index (χ2n) is 5.80. The molecular weight excluding hydrogens is 278 g/mol. The van der Waals surface area contributed by atoms with E-state index >= 15 is 0 Å². The number of ether oxygens (including phenoxy) is 2. The van der Waals surface area contributed by atoms with Crippen LogP contribution in [-0.2, 0) is 4.74 Å². The summed E-state index contributed by atoms with van der Waals surface area (Å²) in [6.07, 6.45) is 3.47. The molecule has 2 rings (SSSR count). The smallest absolute Gasteiger partial charge is 0.122 e. The van der Waals surface area contributed by atoms with Crippen molar-refractivity contribution in [3.8, 4) is 5.75 Å². The van der Waals surface area contributed by atoms with Gasteiger partial charge in [-0.2, -0.15) is 0 Å². The number of methoxy groups -OCH3 is 1. The Kier molecular flexibility index (Phi) is 6.90. The van der Waals surface area contributed by atoms with Gasteiger partial charge in [-0.15, -0.1) is 6.58 Å². The van der Waals surface area contributed by atoms with E-state index in [0.717, 1.165) is 31.7 Å². The monoisotopic (exact) mass is 305 g/mol. The van der Waals surface area contributed by atoms with Crippen LogP contribution in [0.1, 0.15) is 24.3 Å². The largest absolute Gasteiger partial charge is 0.496 e. The highest BCUT2D eigenvalue weighted by Gasteiger charge is 2.23. The van der Waals surface area contributed by atoms with Crippen LogP contribution in [0.5, 0.6) is 5.75 Å². The minimum Gasteiger partial charge on any atom is -0.496 e. The molecule has 4 nitrogen and oxygen atoms in total. The first-order chi connectivity index (χ1) is 10.7. The quantitative estimate of drug-likeness (QED) is 0.592. The molecular formula is C18H27NO3. The number of hydrogen-bond acceptors (Lipinski definition) is 4. The van der Waals surface area contributed by atoms with Gasteiger partial charge in [0.25, 0.3) is 0 Å². The molecule has 1 saturated heterocycles. The van der Waals surface area contributed by atoms with Crippen LogP contribution in [0.15, 0.2) is 36.9 Å². The maximum atomic E-state index is 9.97. The van der Waals surface area contributed by atoms with Crippen LogP contribution in [0.2, 0.25) is 0 Å². The van der Waals surface area contributed by atoms with E-state index in [0.29, 0.717) is 25.7 Å². The highest BCUT2D eigenvalue weighted by atomic mass is 16.5. The van der Waals surface area contributed by atoms with Gasteiger partial charge in [0.15, 0.2) is 0 Å². The zero-order valence-corrected chi connectivity index (χ0v) is 13.4. The fourth-order valence-corrected chi connectivity index (χ4v) is 3.07. The summed E-state index contributed by atoms with van der Waals surface area (Å²) < 4.78 is 10.8. The van der Waals surface area contributed by atoms with Gasteiger partial charge in [-0.05, 0) is 43.5 Å². The van der Waals surface area contributed by atoms with E-state index in [-0.39, 0.29) is 0 Å². The molecule has 1 aromatic rings. The van der Waals surface area contributed by atoms with E-state index in [1.807, 2.05) is 12.1 Å². The summed E-state index contributed by atoms with van der Waals surface area (Å²) in [4.78, 5) is 2.31. The first-order valence-electron chi connectivity index (χ1n) is 7.96. The normalized spacial score (nSPS) is 18.1. The number of benzene rings is 1. The van der Waals surface area contributed by atoms with Crippen LogP contribution in [-0.4, -0.2) is 56.1 Å². The summed E-state index contributed by atoms with van der Waals surface area (Å²) >= 11 is 0. The van der Waals surface area contributed by atoms with Crippen molar-refractivity contribution < 1.29 is 14.6 Å². The van der Waals surface area contributed by atoms with Gasteiger partial charge in [0.2, 0.25) is 0 Å². The molecule has 0 amide bonds. The Morgan fingerprint density at radius 3 is 2.77 bits per heavy atom. The molecule has 1 atom stereocenters. The van der Waals surface area contributed by atoms with E-state index in [4.69, 9.17) is 9.47 Å². The van der Waals surface area contributed by atoms with Gasteiger partial charge >= 0.3 is 0 Å². The van der Waals surface area contributed by atoms with Gasteiger partial charge in [0, 0.05) is 6.54 Å². The van der Waals surface area contributed by atoms with E-state index < -0.39 is 6.10 Å². The number of β-amino-alcohol motifs (C(OH)–C–C–N with tert-alkyl or cyclic N) is 1. The predicted octanol–water partition coefficient (Wildman–Crippen LogP) is 2.44. The number of nitrogens with zero attached hydrogens (tertiary/aromatic N) is 1. The molecule has 1 fully saturated rings. The highest BCUT2D eigenvalue weighted by Crippen LogP contribution is 2.33. The van der Waals surface area contributed by atoms with Gasteiger partial charge in [0.05, 0.1) is 26.4 Å². The first-order valence-corrected chi connectivity index (χ1v) is 7.96. The van der Waals surface area contributed by atoms with Gasteiger partial charge in [-0.1, -0.05) is 24.3 Å². The van der Waals surface area contributed by atoms with Crippen LogP contribution in [0.4, 0.5) is 0 Å². The number of likely N-dealkylation sites (tertiary alicyclic amines) is 1. The third-order valence-electron chi connectivity index (χ3n) is 4.18. The van der Waals surface area contributed by atoms with Gasteiger partial charge < -0.3 is 19.5 Å². The molecule has 0 radical (unpaired) electrons. The van der Waals surface area contributed by atoms with Crippen molar-refractivity contribution in [1.82, 2.24) is 4.90 Å². The van der Waals surface area contributed by atoms with Crippen molar-refractivity contribution in [3.63, 3.8) is 0 Å². The number of hydrogen-bond donors (Lipinski definition) is 1. The molecule has 1 unspecified atom stereocenters. The summed E-state index contributed by atoms with van der Waals surface area (Å²) in [6.45, 7) is 7.14. The summed E-state index contributed by atoms with van der Waals surface area (Å²) in [6, 6.07) is 8.28. The molecule has 1 N–H and O–H groups in total. The zero-order valence-electron chi connectivity index (χ0n) is 13.4. The Balaban J connectivity index is 1.79. The Bertz CT molecular complexity index is 455. The first kappa shape index (κ1) is 17.0. The van der Waals surface area contributed by atoms with Crippen molar-refractivity contribution in [3.05, 3.63) is 42.5 Å². The van der Waals surface area contributed by atoms with Crippen LogP contribution < -0.4 is 4.74 Å². The molecule has 4 heteroatoms. The lowest BCUT2D eigenvalue weighted by Gasteiger charge is -2.33. The third kappa shape index (κ3) is 4.83. The Morgan fingerprint density at radius 1 is 1.36 bits per heavy atom. The van der Waals surface area contributed by atoms with Crippen LogP contribution >= 0.6 is 0 Å². The fourth-order valence-electron chi connectivity index (χ4n) is 3.07. The second kappa shape index (κ2) is 8.93. The molecule has 0 aliphatic carbocycles. The number of para-hydroxylation sites is 1. The zero-order chi connectivity index (χ0) is 15.8. The van der Waals surface area contributed by atoms with Crippen molar-refractivity contribution in [2.45, 2.75) is 24.9 Å². The van der Waals surface area contributed by atoms with Crippen LogP contribution in [0.3, 0.4) is 0 Å². The Morgan fingerprint density at radius 2 is 2.09 bits per heavy atom. The van der Waals surface area contributed by atoms with Crippen molar-refractivity contribution >= 4 is 0 Å².